The van der Waals surface area contributed by atoms with E-state index in [1.807, 2.05) is 5.38 Å². The maximum Gasteiger partial charge on any atom is 0.0628 e. The molecule has 1 rings (SSSR count). The van der Waals surface area contributed by atoms with Crippen LogP contribution in [0.15, 0.2) is 15.9 Å². The van der Waals surface area contributed by atoms with Crippen LogP contribution in [0.3, 0.4) is 0 Å². The largest absolute Gasteiger partial charge is 0.198 e. The molecule has 1 atom stereocenters. The van der Waals surface area contributed by atoms with Crippen molar-refractivity contribution in [2.75, 3.05) is 0 Å². The second-order valence-corrected chi connectivity index (χ2v) is 4.29. The number of rotatable bonds is 2. The topological polar surface area (TPSA) is 23.8 Å². The standard InChI is InChI=1S/C8H8BrNS/c1-6(2-3-10)8-4-7(9)5-11-8/h4-6H,2H2,1H3. The van der Waals surface area contributed by atoms with Gasteiger partial charge in [-0.05, 0) is 22.0 Å². The monoisotopic (exact) mass is 229 g/mol. The van der Waals surface area contributed by atoms with Crippen LogP contribution in [0.4, 0.5) is 0 Å². The van der Waals surface area contributed by atoms with Gasteiger partial charge < -0.3 is 0 Å². The van der Waals surface area contributed by atoms with Crippen LogP contribution < -0.4 is 0 Å². The molecule has 1 unspecified atom stereocenters. The molecule has 0 N–H and O–H groups in total. The molecule has 0 spiro atoms. The van der Waals surface area contributed by atoms with E-state index in [0.717, 1.165) is 4.47 Å². The van der Waals surface area contributed by atoms with Crippen molar-refractivity contribution in [1.82, 2.24) is 0 Å². The Morgan fingerprint density at radius 1 is 1.82 bits per heavy atom. The molecule has 1 aromatic heterocycles. The van der Waals surface area contributed by atoms with Crippen molar-refractivity contribution in [1.29, 1.82) is 5.26 Å². The molecule has 58 valence electrons. The molecule has 11 heavy (non-hydrogen) atoms. The van der Waals surface area contributed by atoms with E-state index in [1.54, 1.807) is 11.3 Å². The molecular weight excluding hydrogens is 222 g/mol. The Labute approximate surface area is 78.8 Å². The zero-order chi connectivity index (χ0) is 8.27. The van der Waals surface area contributed by atoms with E-state index < -0.39 is 0 Å². The highest BCUT2D eigenvalue weighted by Crippen LogP contribution is 2.28. The molecular formula is C8H8BrNS. The third kappa shape index (κ3) is 2.32. The van der Waals surface area contributed by atoms with Gasteiger partial charge in [0.15, 0.2) is 0 Å². The molecule has 0 aromatic carbocycles. The Balaban J connectivity index is 2.70. The van der Waals surface area contributed by atoms with Gasteiger partial charge >= 0.3 is 0 Å². The Bertz CT molecular complexity index is 274. The quantitative estimate of drug-likeness (QED) is 0.762. The fourth-order valence-electron chi connectivity index (χ4n) is 0.824. The second-order valence-electron chi connectivity index (χ2n) is 2.43. The Morgan fingerprint density at radius 2 is 2.55 bits per heavy atom. The van der Waals surface area contributed by atoms with Crippen LogP contribution in [-0.4, -0.2) is 0 Å². The van der Waals surface area contributed by atoms with Crippen LogP contribution in [-0.2, 0) is 0 Å². The van der Waals surface area contributed by atoms with E-state index in [4.69, 9.17) is 5.26 Å². The summed E-state index contributed by atoms with van der Waals surface area (Å²) in [7, 11) is 0. The summed E-state index contributed by atoms with van der Waals surface area (Å²) in [6.45, 7) is 2.07. The van der Waals surface area contributed by atoms with Crippen LogP contribution in [0.25, 0.3) is 0 Å². The van der Waals surface area contributed by atoms with Gasteiger partial charge in [0.25, 0.3) is 0 Å². The Kier molecular flexibility index (Phi) is 3.10. The maximum atomic E-state index is 8.45. The first-order valence-corrected chi connectivity index (χ1v) is 5.02. The number of hydrogen-bond donors (Lipinski definition) is 0. The molecule has 0 amide bonds. The van der Waals surface area contributed by atoms with Gasteiger partial charge in [-0.3, -0.25) is 0 Å². The van der Waals surface area contributed by atoms with Crippen molar-refractivity contribution < 1.29 is 0 Å². The zero-order valence-corrected chi connectivity index (χ0v) is 8.58. The third-order valence-electron chi connectivity index (χ3n) is 1.47. The van der Waals surface area contributed by atoms with Crippen molar-refractivity contribution in [2.45, 2.75) is 19.3 Å². The number of thiophene rings is 1. The summed E-state index contributed by atoms with van der Waals surface area (Å²) < 4.78 is 1.11. The summed E-state index contributed by atoms with van der Waals surface area (Å²) in [6.07, 6.45) is 0.604. The van der Waals surface area contributed by atoms with Crippen molar-refractivity contribution in [3.05, 3.63) is 20.8 Å². The highest BCUT2D eigenvalue weighted by Gasteiger charge is 2.06. The van der Waals surface area contributed by atoms with Gasteiger partial charge in [-0.25, -0.2) is 0 Å². The van der Waals surface area contributed by atoms with E-state index in [-0.39, 0.29) is 0 Å². The van der Waals surface area contributed by atoms with E-state index in [9.17, 15) is 0 Å². The number of halogens is 1. The van der Waals surface area contributed by atoms with Gasteiger partial charge in [-0.2, -0.15) is 5.26 Å². The lowest BCUT2D eigenvalue weighted by Gasteiger charge is -2.00. The van der Waals surface area contributed by atoms with Gasteiger partial charge in [0.1, 0.15) is 0 Å². The molecule has 0 saturated heterocycles. The van der Waals surface area contributed by atoms with Crippen molar-refractivity contribution in [3.8, 4) is 6.07 Å². The lowest BCUT2D eigenvalue weighted by atomic mass is 10.1. The van der Waals surface area contributed by atoms with E-state index >= 15 is 0 Å². The van der Waals surface area contributed by atoms with Gasteiger partial charge in [0.05, 0.1) is 6.07 Å². The molecule has 0 bridgehead atoms. The molecule has 0 saturated carbocycles. The predicted molar refractivity (Wildman–Crippen MR) is 50.7 cm³/mol. The van der Waals surface area contributed by atoms with Gasteiger partial charge in [-0.1, -0.05) is 6.92 Å². The smallest absolute Gasteiger partial charge is 0.0628 e. The lowest BCUT2D eigenvalue weighted by Crippen LogP contribution is -1.86. The summed E-state index contributed by atoms with van der Waals surface area (Å²) in [5.41, 5.74) is 0. The average molecular weight is 230 g/mol. The highest BCUT2D eigenvalue weighted by atomic mass is 79.9. The maximum absolute atomic E-state index is 8.45. The fourth-order valence-corrected chi connectivity index (χ4v) is 2.33. The molecule has 1 nitrogen and oxygen atoms in total. The summed E-state index contributed by atoms with van der Waals surface area (Å²) in [5.74, 6) is 0.372. The summed E-state index contributed by atoms with van der Waals surface area (Å²) in [4.78, 5) is 1.28. The highest BCUT2D eigenvalue weighted by molar-refractivity contribution is 9.10. The molecule has 1 heterocycles. The minimum absolute atomic E-state index is 0.372. The molecule has 1 aromatic rings. The molecule has 3 heteroatoms. The van der Waals surface area contributed by atoms with E-state index in [1.165, 1.54) is 4.88 Å². The van der Waals surface area contributed by atoms with Gasteiger partial charge in [0, 0.05) is 27.1 Å². The number of nitriles is 1. The Hall–Kier alpha value is -0.330. The van der Waals surface area contributed by atoms with Gasteiger partial charge in [0.2, 0.25) is 0 Å². The van der Waals surface area contributed by atoms with Crippen molar-refractivity contribution >= 4 is 27.3 Å². The fraction of sp³-hybridized carbons (Fsp3) is 0.375. The molecule has 0 aliphatic heterocycles. The van der Waals surface area contributed by atoms with Crippen LogP contribution in [0.1, 0.15) is 24.1 Å². The minimum Gasteiger partial charge on any atom is -0.198 e. The first-order chi connectivity index (χ1) is 5.24. The summed E-state index contributed by atoms with van der Waals surface area (Å²) in [5, 5.41) is 10.5. The molecule has 0 aliphatic rings. The minimum atomic E-state index is 0.372. The normalized spacial score (nSPS) is 12.5. The van der Waals surface area contributed by atoms with Gasteiger partial charge in [-0.15, -0.1) is 11.3 Å². The van der Waals surface area contributed by atoms with Crippen molar-refractivity contribution in [3.63, 3.8) is 0 Å². The molecule has 0 radical (unpaired) electrons. The average Bonchev–Trinajstić information content (AvgIpc) is 2.36. The van der Waals surface area contributed by atoms with Crippen LogP contribution in [0.5, 0.6) is 0 Å². The lowest BCUT2D eigenvalue weighted by molar-refractivity contribution is 0.806. The number of nitrogens with zero attached hydrogens (tertiary/aromatic N) is 1. The molecule has 0 fully saturated rings. The van der Waals surface area contributed by atoms with E-state index in [0.29, 0.717) is 12.3 Å². The SMILES string of the molecule is CC(CC#N)c1cc(Br)cs1. The summed E-state index contributed by atoms with van der Waals surface area (Å²) in [6, 6.07) is 4.24. The van der Waals surface area contributed by atoms with Crippen LogP contribution in [0.2, 0.25) is 0 Å². The summed E-state index contributed by atoms with van der Waals surface area (Å²) >= 11 is 5.08. The predicted octanol–water partition coefficient (Wildman–Crippen LogP) is 3.53. The Morgan fingerprint density at radius 3 is 3.00 bits per heavy atom. The third-order valence-corrected chi connectivity index (χ3v) is 3.40. The van der Waals surface area contributed by atoms with E-state index in [2.05, 4.69) is 35.0 Å². The first-order valence-electron chi connectivity index (χ1n) is 3.35. The van der Waals surface area contributed by atoms with Crippen molar-refractivity contribution in [2.24, 2.45) is 0 Å². The molecule has 0 aliphatic carbocycles. The van der Waals surface area contributed by atoms with Crippen LogP contribution >= 0.6 is 27.3 Å². The second kappa shape index (κ2) is 3.89. The zero-order valence-electron chi connectivity index (χ0n) is 6.17. The first kappa shape index (κ1) is 8.76. The van der Waals surface area contributed by atoms with Crippen LogP contribution in [0, 0.1) is 11.3 Å². The number of hydrogen-bond acceptors (Lipinski definition) is 2.